The molecule has 1 aromatic rings. The minimum Gasteiger partial charge on any atom is -0.350 e. The minimum atomic E-state index is -4.33. The van der Waals surface area contributed by atoms with E-state index in [-0.39, 0.29) is 17.9 Å². The number of nitrogens with one attached hydrogen (secondary N) is 1. The molecule has 0 spiro atoms. The normalized spacial score (nSPS) is 12.6. The average Bonchev–Trinajstić information content (AvgIpc) is 2.22. The van der Waals surface area contributed by atoms with Gasteiger partial charge in [-0.05, 0) is 26.8 Å². The van der Waals surface area contributed by atoms with Gasteiger partial charge in [-0.1, -0.05) is 0 Å². The van der Waals surface area contributed by atoms with Gasteiger partial charge in [-0.15, -0.1) is 0 Å². The van der Waals surface area contributed by atoms with Crippen LogP contribution in [0.3, 0.4) is 0 Å². The first-order chi connectivity index (χ1) is 8.98. The van der Waals surface area contributed by atoms with Gasteiger partial charge in [-0.2, -0.15) is 13.2 Å². The number of aromatic nitrogens is 1. The molecule has 0 bridgehead atoms. The Balaban J connectivity index is 2.95. The van der Waals surface area contributed by atoms with Gasteiger partial charge < -0.3 is 10.2 Å². The lowest BCUT2D eigenvalue weighted by Crippen LogP contribution is -2.37. The van der Waals surface area contributed by atoms with Crippen molar-refractivity contribution < 1.29 is 17.6 Å². The average molecular weight is 293 g/mol. The largest absolute Gasteiger partial charge is 0.405 e. The van der Waals surface area contributed by atoms with Gasteiger partial charge in [0.15, 0.2) is 0 Å². The van der Waals surface area contributed by atoms with Crippen LogP contribution in [0.5, 0.6) is 0 Å². The van der Waals surface area contributed by atoms with Gasteiger partial charge in [0.05, 0.1) is 6.20 Å². The van der Waals surface area contributed by atoms with E-state index in [2.05, 4.69) is 10.3 Å². The van der Waals surface area contributed by atoms with Gasteiger partial charge in [0.25, 0.3) is 0 Å². The molecule has 0 unspecified atom stereocenters. The van der Waals surface area contributed by atoms with Gasteiger partial charge in [-0.25, -0.2) is 9.37 Å². The van der Waals surface area contributed by atoms with Crippen molar-refractivity contribution in [1.29, 1.82) is 0 Å². The third-order valence-corrected chi connectivity index (χ3v) is 2.50. The van der Waals surface area contributed by atoms with E-state index in [1.807, 2.05) is 20.8 Å². The number of alkyl halides is 3. The van der Waals surface area contributed by atoms with Gasteiger partial charge in [-0.3, -0.25) is 0 Å². The molecule has 20 heavy (non-hydrogen) atoms. The van der Waals surface area contributed by atoms with E-state index in [1.54, 1.807) is 0 Å². The Hall–Kier alpha value is -1.37. The van der Waals surface area contributed by atoms with Crippen molar-refractivity contribution >= 4 is 5.82 Å². The molecule has 0 saturated heterocycles. The molecule has 0 radical (unpaired) electrons. The van der Waals surface area contributed by atoms with E-state index in [0.717, 1.165) is 11.1 Å². The predicted molar refractivity (Wildman–Crippen MR) is 70.1 cm³/mol. The molecule has 0 amide bonds. The maximum atomic E-state index is 13.2. The summed E-state index contributed by atoms with van der Waals surface area (Å²) in [6, 6.07) is 1.20. The standard InChI is InChI=1S/C13H19F4N3/c1-12(2,3)19-6-9-5-10(14)7-18-11(9)20(4)8-13(15,16)17/h5,7,19H,6,8H2,1-4H3. The van der Waals surface area contributed by atoms with Crippen LogP contribution in [0.25, 0.3) is 0 Å². The lowest BCUT2D eigenvalue weighted by Gasteiger charge is -2.25. The number of rotatable bonds is 4. The zero-order valence-corrected chi connectivity index (χ0v) is 12.0. The Morgan fingerprint density at radius 3 is 2.35 bits per heavy atom. The first-order valence-electron chi connectivity index (χ1n) is 6.15. The molecule has 0 aliphatic rings. The van der Waals surface area contributed by atoms with E-state index in [0.29, 0.717) is 5.56 Å². The molecular formula is C13H19F4N3. The van der Waals surface area contributed by atoms with Crippen LogP contribution < -0.4 is 10.2 Å². The maximum Gasteiger partial charge on any atom is 0.405 e. The zero-order valence-electron chi connectivity index (χ0n) is 12.0. The highest BCUT2D eigenvalue weighted by atomic mass is 19.4. The van der Waals surface area contributed by atoms with E-state index in [1.165, 1.54) is 13.1 Å². The molecule has 0 aliphatic heterocycles. The lowest BCUT2D eigenvalue weighted by molar-refractivity contribution is -0.119. The summed E-state index contributed by atoms with van der Waals surface area (Å²) in [7, 11) is 1.29. The van der Waals surface area contributed by atoms with Crippen molar-refractivity contribution in [2.45, 2.75) is 39.0 Å². The number of anilines is 1. The predicted octanol–water partition coefficient (Wildman–Crippen LogP) is 3.11. The highest BCUT2D eigenvalue weighted by Gasteiger charge is 2.30. The van der Waals surface area contributed by atoms with Crippen molar-refractivity contribution in [3.8, 4) is 0 Å². The molecular weight excluding hydrogens is 274 g/mol. The van der Waals surface area contributed by atoms with Crippen LogP contribution in [0.2, 0.25) is 0 Å². The topological polar surface area (TPSA) is 28.2 Å². The van der Waals surface area contributed by atoms with E-state index in [9.17, 15) is 17.6 Å². The van der Waals surface area contributed by atoms with Crippen LogP contribution in [-0.4, -0.2) is 30.3 Å². The summed E-state index contributed by atoms with van der Waals surface area (Å²) >= 11 is 0. The summed E-state index contributed by atoms with van der Waals surface area (Å²) in [5, 5.41) is 3.11. The third kappa shape index (κ3) is 5.73. The molecule has 1 heterocycles. The second kappa shape index (κ2) is 5.95. The van der Waals surface area contributed by atoms with Crippen LogP contribution in [-0.2, 0) is 6.54 Å². The number of hydrogen-bond donors (Lipinski definition) is 1. The second-order valence-electron chi connectivity index (χ2n) is 5.71. The summed E-state index contributed by atoms with van der Waals surface area (Å²) in [4.78, 5) is 4.75. The first kappa shape index (κ1) is 16.7. The minimum absolute atomic E-state index is 0.125. The van der Waals surface area contributed by atoms with Crippen LogP contribution in [0.15, 0.2) is 12.3 Å². The molecule has 114 valence electrons. The lowest BCUT2D eigenvalue weighted by atomic mass is 10.1. The van der Waals surface area contributed by atoms with Gasteiger partial charge in [0, 0.05) is 24.7 Å². The summed E-state index contributed by atoms with van der Waals surface area (Å²) in [5.41, 5.74) is 0.165. The van der Waals surface area contributed by atoms with E-state index < -0.39 is 18.5 Å². The Bertz CT molecular complexity index is 452. The highest BCUT2D eigenvalue weighted by Crippen LogP contribution is 2.23. The van der Waals surface area contributed by atoms with E-state index >= 15 is 0 Å². The monoisotopic (exact) mass is 293 g/mol. The summed E-state index contributed by atoms with van der Waals surface area (Å²) < 4.78 is 50.5. The van der Waals surface area contributed by atoms with Gasteiger partial charge >= 0.3 is 6.18 Å². The molecule has 0 fully saturated rings. The Labute approximate surface area is 116 Å². The molecule has 0 aliphatic carbocycles. The van der Waals surface area contributed by atoms with E-state index in [4.69, 9.17) is 0 Å². The van der Waals surface area contributed by atoms with Gasteiger partial charge in [0.1, 0.15) is 18.2 Å². The smallest absolute Gasteiger partial charge is 0.350 e. The summed E-state index contributed by atoms with van der Waals surface area (Å²) in [6.45, 7) is 4.86. The maximum absolute atomic E-state index is 13.2. The molecule has 0 atom stereocenters. The Morgan fingerprint density at radius 2 is 1.85 bits per heavy atom. The van der Waals surface area contributed by atoms with Crippen molar-refractivity contribution in [3.63, 3.8) is 0 Å². The van der Waals surface area contributed by atoms with Crippen molar-refractivity contribution in [2.75, 3.05) is 18.5 Å². The molecule has 1 aromatic heterocycles. The number of hydrogen-bond acceptors (Lipinski definition) is 3. The molecule has 1 rings (SSSR count). The van der Waals surface area contributed by atoms with Crippen LogP contribution in [0.4, 0.5) is 23.4 Å². The fourth-order valence-corrected chi connectivity index (χ4v) is 1.65. The number of nitrogens with zero attached hydrogens (tertiary/aromatic N) is 2. The molecule has 0 aromatic carbocycles. The van der Waals surface area contributed by atoms with Crippen LogP contribution in [0.1, 0.15) is 26.3 Å². The Kier molecular flexibility index (Phi) is 4.96. The molecule has 1 N–H and O–H groups in total. The van der Waals surface area contributed by atoms with Crippen molar-refractivity contribution in [3.05, 3.63) is 23.6 Å². The highest BCUT2D eigenvalue weighted by molar-refractivity contribution is 5.46. The first-order valence-corrected chi connectivity index (χ1v) is 6.15. The summed E-state index contributed by atoms with van der Waals surface area (Å²) in [5.74, 6) is -0.444. The quantitative estimate of drug-likeness (QED) is 0.865. The van der Waals surface area contributed by atoms with Crippen LogP contribution in [0, 0.1) is 5.82 Å². The second-order valence-corrected chi connectivity index (χ2v) is 5.71. The fourth-order valence-electron chi connectivity index (χ4n) is 1.65. The zero-order chi connectivity index (χ0) is 15.6. The van der Waals surface area contributed by atoms with Crippen molar-refractivity contribution in [1.82, 2.24) is 10.3 Å². The molecule has 7 heteroatoms. The molecule has 0 saturated carbocycles. The van der Waals surface area contributed by atoms with Crippen LogP contribution >= 0.6 is 0 Å². The number of pyridine rings is 1. The third-order valence-electron chi connectivity index (χ3n) is 2.50. The summed E-state index contributed by atoms with van der Waals surface area (Å²) in [6.07, 6.45) is -3.41. The SMILES string of the molecule is CN(CC(F)(F)F)c1ncc(F)cc1CNC(C)(C)C. The van der Waals surface area contributed by atoms with Gasteiger partial charge in [0.2, 0.25) is 0 Å². The Morgan fingerprint density at radius 1 is 1.25 bits per heavy atom. The van der Waals surface area contributed by atoms with Crippen molar-refractivity contribution in [2.24, 2.45) is 0 Å². The number of halogens is 4. The fraction of sp³-hybridized carbons (Fsp3) is 0.615. The molecule has 3 nitrogen and oxygen atoms in total.